The fraction of sp³-hybridized carbons (Fsp3) is 0.208. The Labute approximate surface area is 215 Å². The normalized spacial score (nSPS) is 15.1. The van der Waals surface area contributed by atoms with Crippen LogP contribution in [0, 0.1) is 31.6 Å². The molecule has 14 nitrogen and oxygen atoms in total. The molecular formula is C24H21N5O9. The van der Waals surface area contributed by atoms with Crippen molar-refractivity contribution in [1.29, 1.82) is 5.26 Å². The molecule has 0 radical (unpaired) electrons. The van der Waals surface area contributed by atoms with Crippen LogP contribution in [0.5, 0.6) is 0 Å². The quantitative estimate of drug-likeness (QED) is 0.288. The molecule has 1 aliphatic rings. The highest BCUT2D eigenvalue weighted by atomic mass is 16.6. The molecule has 3 rings (SSSR count). The van der Waals surface area contributed by atoms with Crippen molar-refractivity contribution in [2.45, 2.75) is 12.3 Å². The van der Waals surface area contributed by atoms with E-state index in [4.69, 9.17) is 15.2 Å². The van der Waals surface area contributed by atoms with E-state index in [-0.39, 0.29) is 28.8 Å². The monoisotopic (exact) mass is 523 g/mol. The molecule has 0 fully saturated rings. The summed E-state index contributed by atoms with van der Waals surface area (Å²) in [6.07, 6.45) is -0.389. The van der Waals surface area contributed by atoms with Crippen LogP contribution in [-0.4, -0.2) is 47.7 Å². The molecule has 0 amide bonds. The van der Waals surface area contributed by atoms with E-state index in [1.54, 1.807) is 30.3 Å². The number of ether oxygens (including phenoxy) is 2. The zero-order chi connectivity index (χ0) is 28.1. The number of anilines is 1. The number of carbonyl (C=O) groups excluding carboxylic acids is 2. The molecule has 1 aliphatic heterocycles. The van der Waals surface area contributed by atoms with Gasteiger partial charge in [0.15, 0.2) is 0 Å². The largest absolute Gasteiger partial charge is 0.466 e. The molecule has 0 saturated carbocycles. The van der Waals surface area contributed by atoms with Gasteiger partial charge >= 0.3 is 11.9 Å². The molecule has 0 spiro atoms. The van der Waals surface area contributed by atoms with Crippen molar-refractivity contribution >= 4 is 29.0 Å². The zero-order valence-electron chi connectivity index (χ0n) is 20.1. The Bertz CT molecular complexity index is 1430. The van der Waals surface area contributed by atoms with Crippen molar-refractivity contribution < 1.29 is 34.0 Å². The molecule has 38 heavy (non-hydrogen) atoms. The predicted octanol–water partition coefficient (Wildman–Crippen LogP) is 1.94. The maximum absolute atomic E-state index is 13.2. The molecule has 0 aromatic heterocycles. The number of allylic oxidation sites excluding steroid dienone is 1. The third-order valence-electron chi connectivity index (χ3n) is 5.81. The first-order valence-electron chi connectivity index (χ1n) is 10.8. The van der Waals surface area contributed by atoms with Crippen LogP contribution in [0.15, 0.2) is 65.1 Å². The number of nitrogens with two attached hydrogens (primary N) is 1. The summed E-state index contributed by atoms with van der Waals surface area (Å²) >= 11 is 0. The van der Waals surface area contributed by atoms with E-state index < -0.39 is 57.2 Å². The molecule has 2 aromatic rings. The minimum atomic E-state index is -1.21. The SMILES string of the molecule is COC(=O)C1=C(C(=O)OC)N(c2cc([N+](=O)[O-])cc([N+](=O)[O-])c2CCO)C(N)=C(C#N)C1c1ccccc1. The second-order valence-electron chi connectivity index (χ2n) is 7.79. The Kier molecular flexibility index (Phi) is 8.04. The van der Waals surface area contributed by atoms with Crippen LogP contribution in [-0.2, 0) is 25.5 Å². The molecule has 0 saturated heterocycles. The van der Waals surface area contributed by atoms with Crippen molar-refractivity contribution in [3.05, 3.63) is 96.5 Å². The van der Waals surface area contributed by atoms with E-state index in [0.29, 0.717) is 11.6 Å². The Balaban J connectivity index is 2.57. The smallest absolute Gasteiger partial charge is 0.355 e. The van der Waals surface area contributed by atoms with E-state index in [1.807, 2.05) is 6.07 Å². The Morgan fingerprint density at radius 3 is 2.24 bits per heavy atom. The number of esters is 2. The number of non-ortho nitro benzene ring substituents is 1. The third-order valence-corrected chi connectivity index (χ3v) is 5.81. The first-order chi connectivity index (χ1) is 18.1. The summed E-state index contributed by atoms with van der Waals surface area (Å²) in [5, 5.41) is 43.2. The molecule has 0 aliphatic carbocycles. The highest BCUT2D eigenvalue weighted by Gasteiger charge is 2.44. The Morgan fingerprint density at radius 2 is 1.74 bits per heavy atom. The second kappa shape index (κ2) is 11.2. The van der Waals surface area contributed by atoms with Gasteiger partial charge in [0.05, 0.1) is 64.5 Å². The van der Waals surface area contributed by atoms with Crippen molar-refractivity contribution in [1.82, 2.24) is 0 Å². The Morgan fingerprint density at radius 1 is 1.11 bits per heavy atom. The molecule has 1 unspecified atom stereocenters. The summed E-state index contributed by atoms with van der Waals surface area (Å²) in [4.78, 5) is 48.9. The van der Waals surface area contributed by atoms with Crippen LogP contribution in [0.25, 0.3) is 0 Å². The van der Waals surface area contributed by atoms with Gasteiger partial charge in [-0.05, 0) is 5.56 Å². The van der Waals surface area contributed by atoms with Gasteiger partial charge in [-0.3, -0.25) is 25.1 Å². The number of nitro benzene ring substituents is 2. The predicted molar refractivity (Wildman–Crippen MR) is 130 cm³/mol. The summed E-state index contributed by atoms with van der Waals surface area (Å²) in [6.45, 7) is -0.623. The number of aliphatic hydroxyl groups excluding tert-OH is 1. The van der Waals surface area contributed by atoms with Crippen molar-refractivity contribution in [3.8, 4) is 6.07 Å². The lowest BCUT2D eigenvalue weighted by Crippen LogP contribution is -2.41. The molecular weight excluding hydrogens is 502 g/mol. The maximum Gasteiger partial charge on any atom is 0.355 e. The number of hydrogen-bond donors (Lipinski definition) is 2. The molecule has 196 valence electrons. The minimum Gasteiger partial charge on any atom is -0.466 e. The van der Waals surface area contributed by atoms with Gasteiger partial charge in [-0.1, -0.05) is 30.3 Å². The van der Waals surface area contributed by atoms with Crippen LogP contribution in [0.3, 0.4) is 0 Å². The van der Waals surface area contributed by atoms with Crippen molar-refractivity contribution in [2.24, 2.45) is 5.73 Å². The number of benzene rings is 2. The summed E-state index contributed by atoms with van der Waals surface area (Å²) in [6, 6.07) is 11.6. The fourth-order valence-electron chi connectivity index (χ4n) is 4.23. The van der Waals surface area contributed by atoms with E-state index in [2.05, 4.69) is 0 Å². The molecule has 2 aromatic carbocycles. The topological polar surface area (TPSA) is 212 Å². The van der Waals surface area contributed by atoms with E-state index in [9.17, 15) is 40.2 Å². The summed E-state index contributed by atoms with van der Waals surface area (Å²) in [5.41, 5.74) is 3.46. The standard InChI is InChI=1S/C24H21N5O9/c1-37-23(31)20-19(13-6-4-3-5-7-13)16(12-25)22(26)27(21(20)24(32)38-2)17-10-14(28(33)34)11-18(29(35)36)15(17)8-9-30/h3-7,10-11,19,30H,8-9,26H2,1-2H3. The average Bonchev–Trinajstić information content (AvgIpc) is 2.91. The summed E-state index contributed by atoms with van der Waals surface area (Å²) in [7, 11) is 2.05. The number of aliphatic hydroxyl groups is 1. The van der Waals surface area contributed by atoms with Crippen LogP contribution in [0.2, 0.25) is 0 Å². The summed E-state index contributed by atoms with van der Waals surface area (Å²) < 4.78 is 9.82. The molecule has 1 atom stereocenters. The number of rotatable bonds is 8. The molecule has 0 bridgehead atoms. The van der Waals surface area contributed by atoms with Gasteiger partial charge in [0.1, 0.15) is 11.5 Å². The van der Waals surface area contributed by atoms with Gasteiger partial charge in [-0.2, -0.15) is 5.26 Å². The fourth-order valence-corrected chi connectivity index (χ4v) is 4.23. The van der Waals surface area contributed by atoms with Gasteiger partial charge in [0.2, 0.25) is 0 Å². The first-order valence-corrected chi connectivity index (χ1v) is 10.8. The van der Waals surface area contributed by atoms with Gasteiger partial charge in [0, 0.05) is 19.1 Å². The van der Waals surface area contributed by atoms with Gasteiger partial charge in [0.25, 0.3) is 11.4 Å². The van der Waals surface area contributed by atoms with E-state index >= 15 is 0 Å². The molecule has 3 N–H and O–H groups in total. The highest BCUT2D eigenvalue weighted by molar-refractivity contribution is 6.06. The van der Waals surface area contributed by atoms with Crippen LogP contribution < -0.4 is 10.6 Å². The highest BCUT2D eigenvalue weighted by Crippen LogP contribution is 2.46. The number of nitrogens with zero attached hydrogens (tertiary/aromatic N) is 4. The number of nitro groups is 2. The second-order valence-corrected chi connectivity index (χ2v) is 7.79. The zero-order valence-corrected chi connectivity index (χ0v) is 20.1. The van der Waals surface area contributed by atoms with Gasteiger partial charge in [-0.15, -0.1) is 0 Å². The lowest BCUT2D eigenvalue weighted by molar-refractivity contribution is -0.394. The third kappa shape index (κ3) is 4.73. The van der Waals surface area contributed by atoms with Crippen LogP contribution >= 0.6 is 0 Å². The van der Waals surface area contributed by atoms with E-state index in [0.717, 1.165) is 25.2 Å². The Hall–Kier alpha value is -5.29. The lowest BCUT2D eigenvalue weighted by Gasteiger charge is -2.36. The van der Waals surface area contributed by atoms with Crippen molar-refractivity contribution in [2.75, 3.05) is 25.7 Å². The van der Waals surface area contributed by atoms with Gasteiger partial charge in [-0.25, -0.2) is 9.59 Å². The van der Waals surface area contributed by atoms with E-state index in [1.165, 1.54) is 0 Å². The molecule has 14 heteroatoms. The molecule has 1 heterocycles. The summed E-state index contributed by atoms with van der Waals surface area (Å²) in [5.74, 6) is -3.85. The number of nitriles is 1. The van der Waals surface area contributed by atoms with Crippen LogP contribution in [0.1, 0.15) is 17.0 Å². The first kappa shape index (κ1) is 27.3. The van der Waals surface area contributed by atoms with Crippen molar-refractivity contribution in [3.63, 3.8) is 0 Å². The number of hydrogen-bond acceptors (Lipinski definition) is 12. The number of methoxy groups -OCH3 is 2. The maximum atomic E-state index is 13.2. The van der Waals surface area contributed by atoms with Crippen LogP contribution in [0.4, 0.5) is 17.1 Å². The van der Waals surface area contributed by atoms with Gasteiger partial charge < -0.3 is 20.3 Å². The number of carbonyl (C=O) groups is 2. The minimum absolute atomic E-state index is 0.242. The lowest BCUT2D eigenvalue weighted by atomic mass is 9.80. The average molecular weight is 523 g/mol.